The second kappa shape index (κ2) is 3.73. The van der Waals surface area contributed by atoms with Crippen molar-refractivity contribution in [3.63, 3.8) is 0 Å². The van der Waals surface area contributed by atoms with Crippen LogP contribution in [0.1, 0.15) is 20.8 Å². The molecule has 0 amide bonds. The van der Waals surface area contributed by atoms with Crippen LogP contribution in [-0.4, -0.2) is 23.1 Å². The molecule has 0 unspecified atom stereocenters. The normalized spacial score (nSPS) is 12.9. The van der Waals surface area contributed by atoms with E-state index in [2.05, 4.69) is 14.7 Å². The first-order chi connectivity index (χ1) is 7.79. The largest absolute Gasteiger partial charge is 0.323 e. The number of fused-ring (bicyclic) bond motifs is 1. The van der Waals surface area contributed by atoms with Crippen LogP contribution < -0.4 is 4.72 Å². The number of rotatable bonds is 2. The van der Waals surface area contributed by atoms with Gasteiger partial charge in [0.1, 0.15) is 0 Å². The van der Waals surface area contributed by atoms with Gasteiger partial charge in [-0.25, -0.2) is 13.4 Å². The third kappa shape index (κ3) is 2.26. The Morgan fingerprint density at radius 3 is 2.47 bits per heavy atom. The summed E-state index contributed by atoms with van der Waals surface area (Å²) in [4.78, 5) is 7.09. The van der Waals surface area contributed by atoms with Crippen LogP contribution in [0.3, 0.4) is 0 Å². The highest BCUT2D eigenvalue weighted by Gasteiger charge is 2.29. The smallest absolute Gasteiger partial charge is 0.239 e. The molecule has 6 heteroatoms. The number of para-hydroxylation sites is 2. The van der Waals surface area contributed by atoms with Gasteiger partial charge in [0.25, 0.3) is 0 Å². The lowest BCUT2D eigenvalue weighted by Crippen LogP contribution is -2.34. The number of sulfonamides is 1. The van der Waals surface area contributed by atoms with Crippen molar-refractivity contribution in [2.24, 2.45) is 0 Å². The maximum atomic E-state index is 11.9. The van der Waals surface area contributed by atoms with E-state index in [1.54, 1.807) is 20.8 Å². The van der Waals surface area contributed by atoms with Gasteiger partial charge in [-0.05, 0) is 32.9 Å². The number of aromatic nitrogens is 2. The third-order valence-corrected chi connectivity index (χ3v) is 4.50. The SMILES string of the molecule is CC(C)(C)S(=O)(=O)Nc1nc2ccccc2[nH]1. The number of anilines is 1. The zero-order chi connectivity index (χ0) is 12.7. The second-order valence-electron chi connectivity index (χ2n) is 4.82. The van der Waals surface area contributed by atoms with Crippen molar-refractivity contribution < 1.29 is 8.42 Å². The number of imidazole rings is 1. The van der Waals surface area contributed by atoms with Crippen LogP contribution >= 0.6 is 0 Å². The molecule has 0 radical (unpaired) electrons. The van der Waals surface area contributed by atoms with E-state index in [1.807, 2.05) is 24.3 Å². The van der Waals surface area contributed by atoms with E-state index in [9.17, 15) is 8.42 Å². The van der Waals surface area contributed by atoms with E-state index < -0.39 is 14.8 Å². The monoisotopic (exact) mass is 253 g/mol. The van der Waals surface area contributed by atoms with Crippen LogP contribution in [0.5, 0.6) is 0 Å². The molecule has 5 nitrogen and oxygen atoms in total. The Kier molecular flexibility index (Phi) is 2.61. The van der Waals surface area contributed by atoms with E-state index >= 15 is 0 Å². The first-order valence-corrected chi connectivity index (χ1v) is 6.75. The topological polar surface area (TPSA) is 74.8 Å². The van der Waals surface area contributed by atoms with Gasteiger partial charge < -0.3 is 4.98 Å². The minimum absolute atomic E-state index is 0.251. The first-order valence-electron chi connectivity index (χ1n) is 5.27. The Morgan fingerprint density at radius 2 is 1.88 bits per heavy atom. The van der Waals surface area contributed by atoms with Crippen molar-refractivity contribution in [1.29, 1.82) is 0 Å². The van der Waals surface area contributed by atoms with Crippen molar-refractivity contribution in [3.8, 4) is 0 Å². The summed E-state index contributed by atoms with van der Waals surface area (Å²) < 4.78 is 25.4. The van der Waals surface area contributed by atoms with E-state index in [4.69, 9.17) is 0 Å². The van der Waals surface area contributed by atoms with E-state index in [1.165, 1.54) is 0 Å². The lowest BCUT2D eigenvalue weighted by molar-refractivity contribution is 0.565. The Balaban J connectivity index is 2.37. The Hall–Kier alpha value is -1.56. The molecule has 1 heterocycles. The van der Waals surface area contributed by atoms with Crippen molar-refractivity contribution in [2.75, 3.05) is 4.72 Å². The molecule has 0 aliphatic heterocycles. The Labute approximate surface area is 100 Å². The van der Waals surface area contributed by atoms with Gasteiger partial charge in [0.05, 0.1) is 15.8 Å². The molecule has 0 aliphatic rings. The minimum Gasteiger partial charge on any atom is -0.323 e. The van der Waals surface area contributed by atoms with E-state index in [0.717, 1.165) is 11.0 Å². The first kappa shape index (κ1) is 11.9. The Morgan fingerprint density at radius 1 is 1.24 bits per heavy atom. The minimum atomic E-state index is -3.44. The van der Waals surface area contributed by atoms with Crippen LogP contribution in [0.4, 0.5) is 5.95 Å². The van der Waals surface area contributed by atoms with Crippen molar-refractivity contribution in [1.82, 2.24) is 9.97 Å². The molecule has 0 saturated heterocycles. The fourth-order valence-electron chi connectivity index (χ4n) is 1.28. The molecule has 92 valence electrons. The van der Waals surface area contributed by atoms with Crippen molar-refractivity contribution in [3.05, 3.63) is 24.3 Å². The van der Waals surface area contributed by atoms with Gasteiger partial charge in [-0.15, -0.1) is 0 Å². The maximum Gasteiger partial charge on any atom is 0.239 e. The van der Waals surface area contributed by atoms with Gasteiger partial charge in [-0.3, -0.25) is 4.72 Å². The highest BCUT2D eigenvalue weighted by molar-refractivity contribution is 7.94. The van der Waals surface area contributed by atoms with Gasteiger partial charge in [0.15, 0.2) is 0 Å². The standard InChI is InChI=1S/C11H15N3O2S/c1-11(2,3)17(15,16)14-10-12-8-6-4-5-7-9(8)13-10/h4-7H,1-3H3,(H2,12,13,14). The average molecular weight is 253 g/mol. The molecule has 0 bridgehead atoms. The van der Waals surface area contributed by atoms with Crippen LogP contribution in [0.2, 0.25) is 0 Å². The fourth-order valence-corrected chi connectivity index (χ4v) is 1.94. The molecule has 0 atom stereocenters. The molecule has 0 saturated carbocycles. The zero-order valence-electron chi connectivity index (χ0n) is 9.98. The summed E-state index contributed by atoms with van der Waals surface area (Å²) >= 11 is 0. The van der Waals surface area contributed by atoms with Gasteiger partial charge in [0, 0.05) is 0 Å². The van der Waals surface area contributed by atoms with E-state index in [-0.39, 0.29) is 5.95 Å². The van der Waals surface area contributed by atoms with Crippen LogP contribution in [0.25, 0.3) is 11.0 Å². The summed E-state index contributed by atoms with van der Waals surface area (Å²) in [6.07, 6.45) is 0. The molecule has 17 heavy (non-hydrogen) atoms. The number of hydrogen-bond donors (Lipinski definition) is 2. The molecule has 2 aromatic rings. The number of aromatic amines is 1. The van der Waals surface area contributed by atoms with Crippen LogP contribution in [0.15, 0.2) is 24.3 Å². The summed E-state index contributed by atoms with van der Waals surface area (Å²) in [5.41, 5.74) is 1.54. The maximum absolute atomic E-state index is 11.9. The summed E-state index contributed by atoms with van der Waals surface area (Å²) in [7, 11) is -3.44. The van der Waals surface area contributed by atoms with Gasteiger partial charge >= 0.3 is 0 Å². The summed E-state index contributed by atoms with van der Waals surface area (Å²) in [6.45, 7) is 4.91. The quantitative estimate of drug-likeness (QED) is 0.860. The number of H-pyrrole nitrogens is 1. The summed E-state index contributed by atoms with van der Waals surface area (Å²) in [6, 6.07) is 7.38. The average Bonchev–Trinajstić information content (AvgIpc) is 2.56. The number of benzene rings is 1. The van der Waals surface area contributed by atoms with Crippen LogP contribution in [-0.2, 0) is 10.0 Å². The fraction of sp³-hybridized carbons (Fsp3) is 0.364. The van der Waals surface area contributed by atoms with Gasteiger partial charge in [-0.2, -0.15) is 0 Å². The molecule has 1 aromatic carbocycles. The summed E-state index contributed by atoms with van der Waals surface area (Å²) in [5.74, 6) is 0.251. The highest BCUT2D eigenvalue weighted by Crippen LogP contribution is 2.19. The predicted molar refractivity (Wildman–Crippen MR) is 68.4 cm³/mol. The van der Waals surface area contributed by atoms with Gasteiger partial charge in [0.2, 0.25) is 16.0 Å². The van der Waals surface area contributed by atoms with Crippen molar-refractivity contribution >= 4 is 27.0 Å². The molecule has 0 aliphatic carbocycles. The molecule has 1 aromatic heterocycles. The molecule has 2 rings (SSSR count). The predicted octanol–water partition coefficient (Wildman–Crippen LogP) is 2.10. The highest BCUT2D eigenvalue weighted by atomic mass is 32.2. The molecule has 0 fully saturated rings. The second-order valence-corrected chi connectivity index (χ2v) is 7.26. The van der Waals surface area contributed by atoms with Crippen LogP contribution in [0, 0.1) is 0 Å². The van der Waals surface area contributed by atoms with Crippen molar-refractivity contribution in [2.45, 2.75) is 25.5 Å². The molecular weight excluding hydrogens is 238 g/mol. The number of nitrogens with zero attached hydrogens (tertiary/aromatic N) is 1. The third-order valence-electron chi connectivity index (χ3n) is 2.43. The molecular formula is C11H15N3O2S. The lowest BCUT2D eigenvalue weighted by atomic mass is 10.3. The molecule has 2 N–H and O–H groups in total. The van der Waals surface area contributed by atoms with E-state index in [0.29, 0.717) is 0 Å². The Bertz CT molecular complexity index is 605. The summed E-state index contributed by atoms with van der Waals surface area (Å²) in [5, 5.41) is 0. The molecule has 0 spiro atoms. The number of hydrogen-bond acceptors (Lipinski definition) is 3. The lowest BCUT2D eigenvalue weighted by Gasteiger charge is -2.18. The number of nitrogens with one attached hydrogen (secondary N) is 2. The van der Waals surface area contributed by atoms with Gasteiger partial charge in [-0.1, -0.05) is 12.1 Å². The zero-order valence-corrected chi connectivity index (χ0v) is 10.8.